The molecule has 0 aromatic heterocycles. The number of hydrogen-bond acceptors (Lipinski definition) is 4. The summed E-state index contributed by atoms with van der Waals surface area (Å²) in [4.78, 5) is 37.1. The van der Waals surface area contributed by atoms with Gasteiger partial charge in [-0.3, -0.25) is 9.59 Å². The molecule has 4 rings (SSSR count). The van der Waals surface area contributed by atoms with Crippen molar-refractivity contribution in [2.45, 2.75) is 57.4 Å². The van der Waals surface area contributed by atoms with Gasteiger partial charge in [0.05, 0.1) is 5.41 Å². The Hall–Kier alpha value is -3.35. The molecule has 0 bridgehead atoms. The van der Waals surface area contributed by atoms with E-state index in [1.165, 1.54) is 0 Å². The molecule has 2 aliphatic rings. The van der Waals surface area contributed by atoms with Crippen LogP contribution in [-0.4, -0.2) is 42.3 Å². The highest BCUT2D eigenvalue weighted by atomic mass is 16.5. The zero-order valence-corrected chi connectivity index (χ0v) is 19.5. The monoisotopic (exact) mass is 464 g/mol. The molecule has 0 heterocycles. The summed E-state index contributed by atoms with van der Waals surface area (Å²) in [5.41, 5.74) is 3.61. The summed E-state index contributed by atoms with van der Waals surface area (Å²) < 4.78 is 5.55. The number of carboxylic acids is 1. The lowest BCUT2D eigenvalue weighted by Crippen LogP contribution is -2.51. The molecule has 34 heavy (non-hydrogen) atoms. The van der Waals surface area contributed by atoms with Crippen LogP contribution in [0.15, 0.2) is 48.5 Å². The Morgan fingerprint density at radius 2 is 1.59 bits per heavy atom. The van der Waals surface area contributed by atoms with Crippen molar-refractivity contribution in [3.8, 4) is 11.1 Å². The summed E-state index contributed by atoms with van der Waals surface area (Å²) >= 11 is 0. The van der Waals surface area contributed by atoms with E-state index in [1.807, 2.05) is 36.4 Å². The Morgan fingerprint density at radius 3 is 2.15 bits per heavy atom. The first-order valence-electron chi connectivity index (χ1n) is 12.1. The standard InChI is InChI=1S/C27H32N2O5/c1-2-23(24(30)28-17-27(25(31)32)14-8-3-9-15-27)29-26(33)34-16-22-20-12-6-4-10-18(20)19-11-5-7-13-21(19)22/h4-7,10-13,22-23H,2-3,8-9,14-17H2,1H3,(H,28,30)(H,29,33)(H,31,32)/t23-/m0/s1. The van der Waals surface area contributed by atoms with Crippen LogP contribution < -0.4 is 10.6 Å². The van der Waals surface area contributed by atoms with Crippen molar-refractivity contribution in [3.05, 3.63) is 59.7 Å². The van der Waals surface area contributed by atoms with Gasteiger partial charge in [0.1, 0.15) is 12.6 Å². The van der Waals surface area contributed by atoms with Crippen LogP contribution in [0.3, 0.4) is 0 Å². The molecule has 7 nitrogen and oxygen atoms in total. The average Bonchev–Trinajstić information content (AvgIpc) is 3.18. The molecule has 0 aliphatic heterocycles. The summed E-state index contributed by atoms with van der Waals surface area (Å²) in [7, 11) is 0. The van der Waals surface area contributed by atoms with Gasteiger partial charge in [0.15, 0.2) is 0 Å². The molecule has 180 valence electrons. The van der Waals surface area contributed by atoms with E-state index < -0.39 is 23.5 Å². The number of carbonyl (C=O) groups excluding carboxylic acids is 2. The zero-order valence-electron chi connectivity index (χ0n) is 19.5. The number of benzene rings is 2. The molecule has 0 radical (unpaired) electrons. The number of ether oxygens (including phenoxy) is 1. The molecule has 2 aromatic carbocycles. The van der Waals surface area contributed by atoms with Gasteiger partial charge >= 0.3 is 12.1 Å². The third-order valence-electron chi connectivity index (χ3n) is 7.23. The Balaban J connectivity index is 1.34. The third kappa shape index (κ3) is 4.79. The fourth-order valence-corrected chi connectivity index (χ4v) is 5.21. The van der Waals surface area contributed by atoms with Crippen molar-refractivity contribution in [3.63, 3.8) is 0 Å². The number of rotatable bonds is 8. The van der Waals surface area contributed by atoms with Gasteiger partial charge in [-0.2, -0.15) is 0 Å². The minimum Gasteiger partial charge on any atom is -0.481 e. The maximum atomic E-state index is 12.7. The highest BCUT2D eigenvalue weighted by Gasteiger charge is 2.40. The number of fused-ring (bicyclic) bond motifs is 3. The lowest BCUT2D eigenvalue weighted by Gasteiger charge is -2.33. The first kappa shape index (κ1) is 23.8. The molecule has 1 saturated carbocycles. The minimum atomic E-state index is -0.921. The number of aliphatic carboxylic acids is 1. The molecule has 0 spiro atoms. The Kier molecular flexibility index (Phi) is 7.20. The second-order valence-corrected chi connectivity index (χ2v) is 9.29. The van der Waals surface area contributed by atoms with Gasteiger partial charge < -0.3 is 20.5 Å². The van der Waals surface area contributed by atoms with E-state index in [-0.39, 0.29) is 25.0 Å². The first-order chi connectivity index (χ1) is 16.4. The molecule has 2 aliphatic carbocycles. The van der Waals surface area contributed by atoms with Gasteiger partial charge in [-0.1, -0.05) is 74.7 Å². The third-order valence-corrected chi connectivity index (χ3v) is 7.23. The first-order valence-corrected chi connectivity index (χ1v) is 12.1. The van der Waals surface area contributed by atoms with E-state index in [9.17, 15) is 19.5 Å². The predicted molar refractivity (Wildman–Crippen MR) is 128 cm³/mol. The molecule has 3 N–H and O–H groups in total. The van der Waals surface area contributed by atoms with Crippen molar-refractivity contribution < 1.29 is 24.2 Å². The molecule has 2 aromatic rings. The van der Waals surface area contributed by atoms with Crippen LogP contribution >= 0.6 is 0 Å². The number of carboxylic acid groups (broad SMARTS) is 1. The van der Waals surface area contributed by atoms with Crippen LogP contribution in [0.25, 0.3) is 11.1 Å². The summed E-state index contributed by atoms with van der Waals surface area (Å²) in [5.74, 6) is -1.32. The molecule has 0 unspecified atom stereocenters. The van der Waals surface area contributed by atoms with Gasteiger partial charge in [-0.05, 0) is 41.5 Å². The van der Waals surface area contributed by atoms with Gasteiger partial charge in [0.25, 0.3) is 0 Å². The van der Waals surface area contributed by atoms with Crippen LogP contribution in [-0.2, 0) is 14.3 Å². The van der Waals surface area contributed by atoms with Gasteiger partial charge in [-0.15, -0.1) is 0 Å². The lowest BCUT2D eigenvalue weighted by molar-refractivity contribution is -0.151. The predicted octanol–water partition coefficient (Wildman–Crippen LogP) is 4.46. The van der Waals surface area contributed by atoms with Crippen molar-refractivity contribution in [1.29, 1.82) is 0 Å². The molecule has 7 heteroatoms. The quantitative estimate of drug-likeness (QED) is 0.535. The fraction of sp³-hybridized carbons (Fsp3) is 0.444. The van der Waals surface area contributed by atoms with E-state index in [0.717, 1.165) is 41.5 Å². The summed E-state index contributed by atoms with van der Waals surface area (Å²) in [6.45, 7) is 2.03. The van der Waals surface area contributed by atoms with Crippen LogP contribution in [0.5, 0.6) is 0 Å². The average molecular weight is 465 g/mol. The van der Waals surface area contributed by atoms with Crippen LogP contribution in [0.4, 0.5) is 4.79 Å². The van der Waals surface area contributed by atoms with Gasteiger partial charge in [-0.25, -0.2) is 4.79 Å². The molecule has 1 atom stereocenters. The van der Waals surface area contributed by atoms with Crippen molar-refractivity contribution in [2.75, 3.05) is 13.2 Å². The second-order valence-electron chi connectivity index (χ2n) is 9.29. The second kappa shape index (κ2) is 10.3. The summed E-state index contributed by atoms with van der Waals surface area (Å²) in [5, 5.41) is 15.1. The van der Waals surface area contributed by atoms with Crippen molar-refractivity contribution >= 4 is 18.0 Å². The molecule has 2 amide bonds. The summed E-state index contributed by atoms with van der Waals surface area (Å²) in [6, 6.07) is 15.4. The topological polar surface area (TPSA) is 105 Å². The number of alkyl carbamates (subject to hydrolysis) is 1. The van der Waals surface area contributed by atoms with Gasteiger partial charge in [0, 0.05) is 12.5 Å². The van der Waals surface area contributed by atoms with Gasteiger partial charge in [0.2, 0.25) is 5.91 Å². The van der Waals surface area contributed by atoms with Crippen LogP contribution in [0, 0.1) is 5.41 Å². The van der Waals surface area contributed by atoms with Crippen LogP contribution in [0.1, 0.15) is 62.5 Å². The SMILES string of the molecule is CC[C@H](NC(=O)OCC1c2ccccc2-c2ccccc21)C(=O)NCC1(C(=O)O)CCCCC1. The number of amides is 2. The highest BCUT2D eigenvalue weighted by Crippen LogP contribution is 2.44. The maximum Gasteiger partial charge on any atom is 0.407 e. The molecule has 0 saturated heterocycles. The zero-order chi connectivity index (χ0) is 24.1. The fourth-order valence-electron chi connectivity index (χ4n) is 5.21. The Bertz CT molecular complexity index is 1010. The highest BCUT2D eigenvalue weighted by molar-refractivity contribution is 5.86. The number of nitrogens with one attached hydrogen (secondary N) is 2. The van der Waals surface area contributed by atoms with E-state index in [1.54, 1.807) is 6.92 Å². The smallest absolute Gasteiger partial charge is 0.407 e. The van der Waals surface area contributed by atoms with E-state index in [4.69, 9.17) is 4.74 Å². The number of carbonyl (C=O) groups is 3. The lowest BCUT2D eigenvalue weighted by atomic mass is 9.74. The van der Waals surface area contributed by atoms with E-state index in [0.29, 0.717) is 19.3 Å². The van der Waals surface area contributed by atoms with Crippen molar-refractivity contribution in [1.82, 2.24) is 10.6 Å². The summed E-state index contributed by atoms with van der Waals surface area (Å²) in [6.07, 6.45) is 3.53. The van der Waals surface area contributed by atoms with Crippen LogP contribution in [0.2, 0.25) is 0 Å². The van der Waals surface area contributed by atoms with E-state index >= 15 is 0 Å². The molecule has 1 fully saturated rings. The maximum absolute atomic E-state index is 12.7. The molecular weight excluding hydrogens is 432 g/mol. The largest absolute Gasteiger partial charge is 0.481 e. The normalized spacial score (nSPS) is 17.2. The van der Waals surface area contributed by atoms with E-state index in [2.05, 4.69) is 22.8 Å². The Morgan fingerprint density at radius 1 is 1.00 bits per heavy atom. The van der Waals surface area contributed by atoms with Crippen molar-refractivity contribution in [2.24, 2.45) is 5.41 Å². The minimum absolute atomic E-state index is 0.0613. The number of hydrogen-bond donors (Lipinski definition) is 3. The molecular formula is C27H32N2O5. The Labute approximate surface area is 199 Å².